The molecular formula is C11H14O3. The van der Waals surface area contributed by atoms with Crippen LogP contribution in [0.1, 0.15) is 15.9 Å². The van der Waals surface area contributed by atoms with Gasteiger partial charge in [0, 0.05) is 19.8 Å². The van der Waals surface area contributed by atoms with Crippen molar-refractivity contribution in [1.82, 2.24) is 0 Å². The Morgan fingerprint density at radius 3 is 2.43 bits per heavy atom. The molecule has 3 nitrogen and oxygen atoms in total. The highest BCUT2D eigenvalue weighted by Gasteiger charge is 2.18. The molecule has 0 heterocycles. The largest absolute Gasteiger partial charge is 0.349 e. The molecule has 0 bridgehead atoms. The molecular weight excluding hydrogens is 180 g/mol. The van der Waals surface area contributed by atoms with Gasteiger partial charge in [-0.25, -0.2) is 0 Å². The molecule has 0 aromatic heterocycles. The van der Waals surface area contributed by atoms with Gasteiger partial charge in [0.25, 0.3) is 0 Å². The Kier molecular flexibility index (Phi) is 3.80. The van der Waals surface area contributed by atoms with Gasteiger partial charge < -0.3 is 9.47 Å². The van der Waals surface area contributed by atoms with Crippen LogP contribution in [0, 0.1) is 6.92 Å². The lowest BCUT2D eigenvalue weighted by molar-refractivity contribution is -0.0742. The van der Waals surface area contributed by atoms with E-state index in [-0.39, 0.29) is 5.78 Å². The van der Waals surface area contributed by atoms with Gasteiger partial charge in [0.15, 0.2) is 0 Å². The quantitative estimate of drug-likeness (QED) is 0.541. The van der Waals surface area contributed by atoms with Crippen molar-refractivity contribution in [3.05, 3.63) is 35.4 Å². The summed E-state index contributed by atoms with van der Waals surface area (Å²) in [6.07, 6.45) is -0.809. The van der Waals surface area contributed by atoms with E-state index >= 15 is 0 Å². The van der Waals surface area contributed by atoms with Crippen molar-refractivity contribution >= 4 is 5.78 Å². The van der Waals surface area contributed by atoms with Crippen molar-refractivity contribution in [1.29, 1.82) is 0 Å². The zero-order valence-electron chi connectivity index (χ0n) is 8.61. The molecule has 0 saturated carbocycles. The summed E-state index contributed by atoms with van der Waals surface area (Å²) in [6, 6.07) is 7.34. The number of carbonyl (C=O) groups excluding carboxylic acids is 1. The number of ether oxygens (including phenoxy) is 2. The van der Waals surface area contributed by atoms with Gasteiger partial charge in [-0.2, -0.15) is 0 Å². The predicted molar refractivity (Wildman–Crippen MR) is 53.3 cm³/mol. The first-order valence-corrected chi connectivity index (χ1v) is 4.35. The van der Waals surface area contributed by atoms with Crippen molar-refractivity contribution in [2.75, 3.05) is 14.2 Å². The fourth-order valence-corrected chi connectivity index (χ4v) is 1.24. The normalized spacial score (nSPS) is 10.6. The third-order valence-corrected chi connectivity index (χ3v) is 1.94. The molecule has 0 fully saturated rings. The third kappa shape index (κ3) is 2.40. The van der Waals surface area contributed by atoms with Crippen LogP contribution in [-0.2, 0) is 9.47 Å². The number of aryl methyl sites for hydroxylation is 1. The molecule has 0 spiro atoms. The van der Waals surface area contributed by atoms with E-state index in [2.05, 4.69) is 0 Å². The van der Waals surface area contributed by atoms with Gasteiger partial charge in [-0.3, -0.25) is 4.79 Å². The first kappa shape index (κ1) is 10.9. The molecule has 0 aliphatic carbocycles. The van der Waals surface area contributed by atoms with E-state index in [9.17, 15) is 4.79 Å². The monoisotopic (exact) mass is 194 g/mol. The Bertz CT molecular complexity index is 316. The minimum absolute atomic E-state index is 0.154. The highest BCUT2D eigenvalue weighted by Crippen LogP contribution is 2.08. The third-order valence-electron chi connectivity index (χ3n) is 1.94. The summed E-state index contributed by atoms with van der Waals surface area (Å²) in [5, 5.41) is 0. The topological polar surface area (TPSA) is 35.5 Å². The fourth-order valence-electron chi connectivity index (χ4n) is 1.24. The number of carbonyl (C=O) groups is 1. The summed E-state index contributed by atoms with van der Waals surface area (Å²) in [6.45, 7) is 1.94. The lowest BCUT2D eigenvalue weighted by atomic mass is 10.1. The Morgan fingerprint density at radius 2 is 1.93 bits per heavy atom. The first-order valence-electron chi connectivity index (χ1n) is 4.35. The Hall–Kier alpha value is -1.19. The Labute approximate surface area is 83.6 Å². The summed E-state index contributed by atoms with van der Waals surface area (Å²) in [4.78, 5) is 11.7. The SMILES string of the molecule is COC(OC)C(=O)c1cccc(C)c1. The molecule has 0 saturated heterocycles. The van der Waals surface area contributed by atoms with Crippen LogP contribution in [0.25, 0.3) is 0 Å². The number of benzene rings is 1. The zero-order valence-corrected chi connectivity index (χ0v) is 8.61. The number of hydrogen-bond donors (Lipinski definition) is 0. The van der Waals surface area contributed by atoms with Gasteiger partial charge in [-0.1, -0.05) is 23.8 Å². The molecule has 1 aromatic carbocycles. The molecule has 0 aliphatic rings. The lowest BCUT2D eigenvalue weighted by Crippen LogP contribution is -2.24. The second-order valence-corrected chi connectivity index (χ2v) is 3.04. The van der Waals surface area contributed by atoms with Gasteiger partial charge in [0.1, 0.15) is 0 Å². The summed E-state index contributed by atoms with van der Waals surface area (Å²) < 4.78 is 9.77. The standard InChI is InChI=1S/C11H14O3/c1-8-5-4-6-9(7-8)10(12)11(13-2)14-3/h4-7,11H,1-3H3. The van der Waals surface area contributed by atoms with Crippen LogP contribution in [0.4, 0.5) is 0 Å². The summed E-state index contributed by atoms with van der Waals surface area (Å²) in [5.41, 5.74) is 1.65. The van der Waals surface area contributed by atoms with Crippen molar-refractivity contribution in [2.45, 2.75) is 13.2 Å². The predicted octanol–water partition coefficient (Wildman–Crippen LogP) is 1.80. The minimum Gasteiger partial charge on any atom is -0.349 e. The molecule has 14 heavy (non-hydrogen) atoms. The van der Waals surface area contributed by atoms with Crippen molar-refractivity contribution < 1.29 is 14.3 Å². The number of rotatable bonds is 4. The number of methoxy groups -OCH3 is 2. The van der Waals surface area contributed by atoms with Crippen LogP contribution in [-0.4, -0.2) is 26.3 Å². The van der Waals surface area contributed by atoms with Crippen molar-refractivity contribution in [3.63, 3.8) is 0 Å². The fraction of sp³-hybridized carbons (Fsp3) is 0.364. The first-order chi connectivity index (χ1) is 6.69. The highest BCUT2D eigenvalue weighted by atomic mass is 16.7. The average Bonchev–Trinajstić information content (AvgIpc) is 2.19. The van der Waals surface area contributed by atoms with Crippen molar-refractivity contribution in [3.8, 4) is 0 Å². The van der Waals surface area contributed by atoms with Crippen LogP contribution in [0.15, 0.2) is 24.3 Å². The van der Waals surface area contributed by atoms with E-state index in [1.54, 1.807) is 6.07 Å². The smallest absolute Gasteiger partial charge is 0.222 e. The zero-order chi connectivity index (χ0) is 10.6. The molecule has 0 aliphatic heterocycles. The maximum atomic E-state index is 11.7. The maximum absolute atomic E-state index is 11.7. The van der Waals surface area contributed by atoms with Gasteiger partial charge in [0.2, 0.25) is 12.1 Å². The van der Waals surface area contributed by atoms with E-state index in [1.165, 1.54) is 14.2 Å². The Balaban J connectivity index is 2.88. The van der Waals surface area contributed by atoms with Gasteiger partial charge in [-0.15, -0.1) is 0 Å². The molecule has 76 valence electrons. The minimum atomic E-state index is -0.809. The van der Waals surface area contributed by atoms with E-state index in [1.807, 2.05) is 25.1 Å². The maximum Gasteiger partial charge on any atom is 0.222 e. The van der Waals surface area contributed by atoms with Crippen LogP contribution >= 0.6 is 0 Å². The second kappa shape index (κ2) is 4.88. The van der Waals surface area contributed by atoms with Crippen LogP contribution in [0.3, 0.4) is 0 Å². The molecule has 3 heteroatoms. The van der Waals surface area contributed by atoms with E-state index in [4.69, 9.17) is 9.47 Å². The van der Waals surface area contributed by atoms with Gasteiger partial charge in [-0.05, 0) is 13.0 Å². The molecule has 1 rings (SSSR count). The van der Waals surface area contributed by atoms with Crippen molar-refractivity contribution in [2.24, 2.45) is 0 Å². The van der Waals surface area contributed by atoms with Gasteiger partial charge >= 0.3 is 0 Å². The summed E-state index contributed by atoms with van der Waals surface area (Å²) in [7, 11) is 2.89. The van der Waals surface area contributed by atoms with Gasteiger partial charge in [0.05, 0.1) is 0 Å². The Morgan fingerprint density at radius 1 is 1.29 bits per heavy atom. The number of ketones is 1. The second-order valence-electron chi connectivity index (χ2n) is 3.04. The lowest BCUT2D eigenvalue weighted by Gasteiger charge is -2.11. The van der Waals surface area contributed by atoms with E-state index in [0.717, 1.165) is 5.56 Å². The molecule has 1 aromatic rings. The molecule has 0 unspecified atom stereocenters. The number of hydrogen-bond acceptors (Lipinski definition) is 3. The molecule has 0 radical (unpaired) electrons. The van der Waals surface area contributed by atoms with E-state index in [0.29, 0.717) is 5.56 Å². The summed E-state index contributed by atoms with van der Waals surface area (Å²) in [5.74, 6) is -0.154. The molecule has 0 atom stereocenters. The average molecular weight is 194 g/mol. The summed E-state index contributed by atoms with van der Waals surface area (Å²) >= 11 is 0. The van der Waals surface area contributed by atoms with E-state index < -0.39 is 6.29 Å². The number of Topliss-reactive ketones (excluding diaryl/α,β-unsaturated/α-hetero) is 1. The van der Waals surface area contributed by atoms with Crippen LogP contribution < -0.4 is 0 Å². The highest BCUT2D eigenvalue weighted by molar-refractivity contribution is 5.98. The molecule has 0 N–H and O–H groups in total. The van der Waals surface area contributed by atoms with Crippen LogP contribution in [0.2, 0.25) is 0 Å². The molecule has 0 amide bonds. The van der Waals surface area contributed by atoms with Crippen LogP contribution in [0.5, 0.6) is 0 Å².